The van der Waals surface area contributed by atoms with Crippen LogP contribution in [0.25, 0.3) is 0 Å². The fourth-order valence-corrected chi connectivity index (χ4v) is 2.14. The first-order chi connectivity index (χ1) is 7.63. The zero-order valence-electron chi connectivity index (χ0n) is 9.39. The number of hydrogen-bond donors (Lipinski definition) is 1. The van der Waals surface area contributed by atoms with E-state index in [9.17, 15) is 9.59 Å². The Hall–Kier alpha value is -1.10. The Morgan fingerprint density at radius 1 is 1.44 bits per heavy atom. The SMILES string of the molecule is CCC1CN(C(=O)C2CC2C(=O)O)CCO1. The van der Waals surface area contributed by atoms with Crippen molar-refractivity contribution in [1.82, 2.24) is 4.90 Å². The molecular weight excluding hydrogens is 210 g/mol. The van der Waals surface area contributed by atoms with E-state index >= 15 is 0 Å². The number of morpholine rings is 1. The Bertz CT molecular complexity index is 304. The van der Waals surface area contributed by atoms with Gasteiger partial charge in [0.15, 0.2) is 0 Å². The molecule has 3 atom stereocenters. The lowest BCUT2D eigenvalue weighted by molar-refractivity contribution is -0.145. The molecule has 0 aromatic carbocycles. The molecule has 0 aromatic heterocycles. The number of carbonyl (C=O) groups is 2. The molecular formula is C11H17NO4. The second-order valence-electron chi connectivity index (χ2n) is 4.47. The third kappa shape index (κ3) is 2.19. The molecule has 90 valence electrons. The van der Waals surface area contributed by atoms with Crippen LogP contribution in [0.5, 0.6) is 0 Å². The molecule has 1 saturated carbocycles. The van der Waals surface area contributed by atoms with Crippen molar-refractivity contribution in [3.63, 3.8) is 0 Å². The minimum absolute atomic E-state index is 0.00542. The molecule has 16 heavy (non-hydrogen) atoms. The van der Waals surface area contributed by atoms with Gasteiger partial charge >= 0.3 is 5.97 Å². The Morgan fingerprint density at radius 3 is 2.75 bits per heavy atom. The van der Waals surface area contributed by atoms with E-state index in [1.807, 2.05) is 6.92 Å². The van der Waals surface area contributed by atoms with Crippen molar-refractivity contribution in [3.05, 3.63) is 0 Å². The zero-order chi connectivity index (χ0) is 11.7. The highest BCUT2D eigenvalue weighted by Crippen LogP contribution is 2.40. The van der Waals surface area contributed by atoms with Gasteiger partial charge in [-0.1, -0.05) is 6.92 Å². The van der Waals surface area contributed by atoms with E-state index in [1.54, 1.807) is 4.90 Å². The van der Waals surface area contributed by atoms with E-state index in [1.165, 1.54) is 0 Å². The van der Waals surface area contributed by atoms with E-state index in [0.29, 0.717) is 26.1 Å². The third-order valence-corrected chi connectivity index (χ3v) is 3.33. The summed E-state index contributed by atoms with van der Waals surface area (Å²) in [7, 11) is 0. The molecule has 0 bridgehead atoms. The largest absolute Gasteiger partial charge is 0.481 e. The summed E-state index contributed by atoms with van der Waals surface area (Å²) in [4.78, 5) is 24.4. The highest BCUT2D eigenvalue weighted by Gasteiger charge is 2.50. The van der Waals surface area contributed by atoms with Gasteiger partial charge in [0.25, 0.3) is 0 Å². The zero-order valence-corrected chi connectivity index (χ0v) is 9.39. The summed E-state index contributed by atoms with van der Waals surface area (Å²) >= 11 is 0. The van der Waals surface area contributed by atoms with Crippen LogP contribution in [0.3, 0.4) is 0 Å². The van der Waals surface area contributed by atoms with Crippen LogP contribution in [-0.2, 0) is 14.3 Å². The minimum atomic E-state index is -0.848. The Labute approximate surface area is 94.4 Å². The smallest absolute Gasteiger partial charge is 0.307 e. The maximum absolute atomic E-state index is 11.9. The molecule has 0 aromatic rings. The monoisotopic (exact) mass is 227 g/mol. The number of rotatable bonds is 3. The Balaban J connectivity index is 1.88. The Kier molecular flexibility index (Phi) is 3.14. The summed E-state index contributed by atoms with van der Waals surface area (Å²) in [5.74, 6) is -1.59. The number of hydrogen-bond acceptors (Lipinski definition) is 3. The fourth-order valence-electron chi connectivity index (χ4n) is 2.14. The van der Waals surface area contributed by atoms with Crippen molar-refractivity contribution in [3.8, 4) is 0 Å². The Morgan fingerprint density at radius 2 is 2.19 bits per heavy atom. The lowest BCUT2D eigenvalue weighted by Crippen LogP contribution is -2.46. The van der Waals surface area contributed by atoms with Gasteiger partial charge in [0.05, 0.1) is 24.5 Å². The summed E-state index contributed by atoms with van der Waals surface area (Å²) < 4.78 is 5.47. The summed E-state index contributed by atoms with van der Waals surface area (Å²) in [6, 6.07) is 0. The molecule has 0 spiro atoms. The summed E-state index contributed by atoms with van der Waals surface area (Å²) in [6.45, 7) is 3.79. The van der Waals surface area contributed by atoms with Crippen molar-refractivity contribution < 1.29 is 19.4 Å². The molecule has 1 amide bonds. The van der Waals surface area contributed by atoms with Crippen molar-refractivity contribution in [1.29, 1.82) is 0 Å². The van der Waals surface area contributed by atoms with Crippen LogP contribution < -0.4 is 0 Å². The van der Waals surface area contributed by atoms with Crippen molar-refractivity contribution in [2.24, 2.45) is 11.8 Å². The van der Waals surface area contributed by atoms with Gasteiger partial charge in [-0.2, -0.15) is 0 Å². The fraction of sp³-hybridized carbons (Fsp3) is 0.818. The quantitative estimate of drug-likeness (QED) is 0.755. The summed E-state index contributed by atoms with van der Waals surface area (Å²) in [6.07, 6.45) is 1.50. The maximum Gasteiger partial charge on any atom is 0.307 e. The van der Waals surface area contributed by atoms with Gasteiger partial charge in [-0.05, 0) is 12.8 Å². The standard InChI is InChI=1S/C11H17NO4/c1-2-7-6-12(3-4-16-7)10(13)8-5-9(8)11(14)15/h7-9H,2-6H2,1H3,(H,14,15). The van der Waals surface area contributed by atoms with Crippen LogP contribution in [-0.4, -0.2) is 47.7 Å². The average Bonchev–Trinajstić information content (AvgIpc) is 3.08. The molecule has 1 aliphatic heterocycles. The lowest BCUT2D eigenvalue weighted by atomic mass is 10.2. The van der Waals surface area contributed by atoms with Crippen molar-refractivity contribution in [2.75, 3.05) is 19.7 Å². The van der Waals surface area contributed by atoms with Gasteiger partial charge in [0.2, 0.25) is 5.91 Å². The molecule has 5 heteroatoms. The predicted molar refractivity (Wildman–Crippen MR) is 55.8 cm³/mol. The molecule has 2 aliphatic rings. The highest BCUT2D eigenvalue weighted by atomic mass is 16.5. The molecule has 2 rings (SSSR count). The topological polar surface area (TPSA) is 66.8 Å². The summed E-state index contributed by atoms with van der Waals surface area (Å²) in [5, 5.41) is 8.77. The van der Waals surface area contributed by atoms with E-state index in [2.05, 4.69) is 0 Å². The number of amides is 1. The number of carbonyl (C=O) groups excluding carboxylic acids is 1. The first kappa shape index (κ1) is 11.4. The molecule has 1 aliphatic carbocycles. The van der Waals surface area contributed by atoms with E-state index in [0.717, 1.165) is 6.42 Å². The number of nitrogens with zero attached hydrogens (tertiary/aromatic N) is 1. The number of aliphatic carboxylic acids is 1. The van der Waals surface area contributed by atoms with Gasteiger partial charge in [0, 0.05) is 13.1 Å². The van der Waals surface area contributed by atoms with Gasteiger partial charge in [0.1, 0.15) is 0 Å². The minimum Gasteiger partial charge on any atom is -0.481 e. The molecule has 0 radical (unpaired) electrons. The molecule has 1 saturated heterocycles. The first-order valence-electron chi connectivity index (χ1n) is 5.76. The van der Waals surface area contributed by atoms with E-state index in [4.69, 9.17) is 9.84 Å². The van der Waals surface area contributed by atoms with E-state index in [-0.39, 0.29) is 17.9 Å². The molecule has 1 N–H and O–H groups in total. The number of carboxylic acids is 1. The number of carboxylic acid groups (broad SMARTS) is 1. The maximum atomic E-state index is 11.9. The van der Waals surface area contributed by atoms with Crippen LogP contribution in [0, 0.1) is 11.8 Å². The third-order valence-electron chi connectivity index (χ3n) is 3.33. The van der Waals surface area contributed by atoms with Crippen LogP contribution in [0.4, 0.5) is 0 Å². The lowest BCUT2D eigenvalue weighted by Gasteiger charge is -2.32. The normalized spacial score (nSPS) is 33.6. The molecule has 5 nitrogen and oxygen atoms in total. The van der Waals surface area contributed by atoms with Gasteiger partial charge in [-0.15, -0.1) is 0 Å². The average molecular weight is 227 g/mol. The van der Waals surface area contributed by atoms with Crippen LogP contribution in [0.1, 0.15) is 19.8 Å². The second kappa shape index (κ2) is 4.41. The van der Waals surface area contributed by atoms with Crippen LogP contribution in [0.15, 0.2) is 0 Å². The molecule has 3 unspecified atom stereocenters. The van der Waals surface area contributed by atoms with Gasteiger partial charge < -0.3 is 14.7 Å². The first-order valence-corrected chi connectivity index (χ1v) is 5.76. The van der Waals surface area contributed by atoms with Gasteiger partial charge in [-0.25, -0.2) is 0 Å². The number of ether oxygens (including phenoxy) is 1. The predicted octanol–water partition coefficient (Wildman–Crippen LogP) is 0.344. The summed E-state index contributed by atoms with van der Waals surface area (Å²) in [5.41, 5.74) is 0. The van der Waals surface area contributed by atoms with Gasteiger partial charge in [-0.3, -0.25) is 9.59 Å². The van der Waals surface area contributed by atoms with Crippen molar-refractivity contribution in [2.45, 2.75) is 25.9 Å². The molecule has 2 fully saturated rings. The highest BCUT2D eigenvalue weighted by molar-refractivity contribution is 5.89. The van der Waals surface area contributed by atoms with E-state index < -0.39 is 11.9 Å². The second-order valence-corrected chi connectivity index (χ2v) is 4.47. The van der Waals surface area contributed by atoms with Crippen LogP contribution >= 0.6 is 0 Å². The van der Waals surface area contributed by atoms with Crippen LogP contribution in [0.2, 0.25) is 0 Å². The van der Waals surface area contributed by atoms with Crippen molar-refractivity contribution >= 4 is 11.9 Å². The molecule has 1 heterocycles.